The summed E-state index contributed by atoms with van der Waals surface area (Å²) in [4.78, 5) is 13.7. The molecular weight excluding hydrogens is 409 g/mol. The summed E-state index contributed by atoms with van der Waals surface area (Å²) in [7, 11) is 0. The molecular formula is C20H16FN5O3S. The summed E-state index contributed by atoms with van der Waals surface area (Å²) in [6.07, 6.45) is 5.13. The van der Waals surface area contributed by atoms with Gasteiger partial charge in [-0.1, -0.05) is 5.16 Å². The maximum atomic E-state index is 14.2. The molecule has 0 radical (unpaired) electrons. The highest BCUT2D eigenvalue weighted by molar-refractivity contribution is 7.16. The summed E-state index contributed by atoms with van der Waals surface area (Å²) < 4.78 is 26.7. The average Bonchev–Trinajstić information content (AvgIpc) is 3.22. The van der Waals surface area contributed by atoms with E-state index in [-0.39, 0.29) is 11.5 Å². The zero-order chi connectivity index (χ0) is 20.3. The summed E-state index contributed by atoms with van der Waals surface area (Å²) in [6, 6.07) is 7.05. The third-order valence-electron chi connectivity index (χ3n) is 4.61. The van der Waals surface area contributed by atoms with Crippen molar-refractivity contribution in [3.05, 3.63) is 65.3 Å². The highest BCUT2D eigenvalue weighted by Gasteiger charge is 2.25. The first-order valence-corrected chi connectivity index (χ1v) is 10.2. The lowest BCUT2D eigenvalue weighted by atomic mass is 10.1. The predicted octanol–water partition coefficient (Wildman–Crippen LogP) is 4.14. The average molecular weight is 425 g/mol. The van der Waals surface area contributed by atoms with E-state index in [9.17, 15) is 4.39 Å². The van der Waals surface area contributed by atoms with E-state index in [1.54, 1.807) is 11.6 Å². The Hall–Kier alpha value is -3.40. The molecule has 152 valence electrons. The van der Waals surface area contributed by atoms with Gasteiger partial charge < -0.3 is 14.0 Å². The molecule has 1 fully saturated rings. The number of ether oxygens (including phenoxy) is 1. The van der Waals surface area contributed by atoms with Crippen LogP contribution in [0.15, 0.2) is 51.9 Å². The second-order valence-corrected chi connectivity index (χ2v) is 7.75. The number of halogens is 1. The van der Waals surface area contributed by atoms with Crippen molar-refractivity contribution in [3.8, 4) is 5.75 Å². The lowest BCUT2D eigenvalue weighted by Crippen LogP contribution is -2.13. The minimum absolute atomic E-state index is 0.200. The molecule has 0 saturated heterocycles. The molecule has 0 N–H and O–H groups in total. The third kappa shape index (κ3) is 4.13. The summed E-state index contributed by atoms with van der Waals surface area (Å²) in [5.41, 5.74) is 3.27. The Bertz CT molecular complexity index is 1180. The van der Waals surface area contributed by atoms with Crippen LogP contribution in [0.25, 0.3) is 10.2 Å². The van der Waals surface area contributed by atoms with E-state index < -0.39 is 11.9 Å². The summed E-state index contributed by atoms with van der Waals surface area (Å²) >= 11 is 1.50. The van der Waals surface area contributed by atoms with Crippen molar-refractivity contribution in [1.82, 2.24) is 20.2 Å². The van der Waals surface area contributed by atoms with Gasteiger partial charge in [-0.25, -0.2) is 9.37 Å². The van der Waals surface area contributed by atoms with Crippen LogP contribution in [0, 0.1) is 11.7 Å². The van der Waals surface area contributed by atoms with E-state index in [1.807, 2.05) is 12.1 Å². The molecule has 4 aromatic rings. The van der Waals surface area contributed by atoms with E-state index >= 15 is 0 Å². The normalized spacial score (nSPS) is 15.0. The molecule has 0 spiro atoms. The minimum atomic E-state index is -0.821. The minimum Gasteiger partial charge on any atom is -0.474 e. The molecule has 1 aliphatic carbocycles. The van der Waals surface area contributed by atoms with Gasteiger partial charge in [0, 0.05) is 5.56 Å². The number of pyridine rings is 1. The molecule has 0 bridgehead atoms. The Morgan fingerprint density at radius 1 is 1.30 bits per heavy atom. The topological polar surface area (TPSA) is 95.5 Å². The van der Waals surface area contributed by atoms with Crippen LogP contribution in [0.5, 0.6) is 5.75 Å². The van der Waals surface area contributed by atoms with E-state index in [1.165, 1.54) is 30.0 Å². The van der Waals surface area contributed by atoms with Gasteiger partial charge in [-0.15, -0.1) is 21.5 Å². The van der Waals surface area contributed by atoms with Gasteiger partial charge >= 0.3 is 0 Å². The summed E-state index contributed by atoms with van der Waals surface area (Å²) in [6.45, 7) is 0.545. The van der Waals surface area contributed by atoms with Crippen molar-refractivity contribution >= 4 is 27.8 Å². The molecule has 0 aliphatic heterocycles. The number of aromatic nitrogens is 4. The van der Waals surface area contributed by atoms with Crippen molar-refractivity contribution in [2.45, 2.75) is 18.9 Å². The zero-order valence-electron chi connectivity index (χ0n) is 15.6. The quantitative estimate of drug-likeness (QED) is 0.309. The van der Waals surface area contributed by atoms with Gasteiger partial charge in [0.1, 0.15) is 18.2 Å². The maximum absolute atomic E-state index is 14.2. The number of thiazole rings is 1. The van der Waals surface area contributed by atoms with Crippen LogP contribution >= 0.6 is 11.3 Å². The number of oxime groups is 1. The second-order valence-electron chi connectivity index (χ2n) is 6.86. The van der Waals surface area contributed by atoms with Crippen molar-refractivity contribution in [2.24, 2.45) is 11.1 Å². The molecule has 3 heterocycles. The molecule has 1 aliphatic rings. The van der Waals surface area contributed by atoms with Crippen LogP contribution in [0.1, 0.15) is 36.1 Å². The molecule has 1 unspecified atom stereocenters. The molecule has 0 amide bonds. The standard InChI is InChI=1S/C20H16FN5O3S/c21-15-8-22-17(5-13(15)7-25-28-9-12-1-2-12)19(20-26-24-10-27-20)29-14-3-4-16-18(6-14)30-11-23-16/h3-8,10-12,19H,1-2,9H2/b25-7+. The largest absolute Gasteiger partial charge is 0.474 e. The van der Waals surface area contributed by atoms with Gasteiger partial charge in [0.2, 0.25) is 12.5 Å². The lowest BCUT2D eigenvalue weighted by Gasteiger charge is -2.16. The van der Waals surface area contributed by atoms with Crippen LogP contribution in [-0.4, -0.2) is 33.0 Å². The number of benzene rings is 1. The molecule has 8 nitrogen and oxygen atoms in total. The Labute approximate surface area is 174 Å². The van der Waals surface area contributed by atoms with Gasteiger partial charge in [0.25, 0.3) is 5.89 Å². The van der Waals surface area contributed by atoms with Crippen LogP contribution in [-0.2, 0) is 4.84 Å². The first-order chi connectivity index (χ1) is 14.8. The van der Waals surface area contributed by atoms with Gasteiger partial charge in [0.15, 0.2) is 0 Å². The Balaban J connectivity index is 1.42. The van der Waals surface area contributed by atoms with Crippen LogP contribution in [0.4, 0.5) is 4.39 Å². The Kier molecular flexibility index (Phi) is 5.06. The summed E-state index contributed by atoms with van der Waals surface area (Å²) in [5, 5.41) is 11.5. The maximum Gasteiger partial charge on any atom is 0.263 e. The number of hydrogen-bond donors (Lipinski definition) is 0. The molecule has 1 aromatic carbocycles. The number of fused-ring (bicyclic) bond motifs is 1. The molecule has 1 atom stereocenters. The summed E-state index contributed by atoms with van der Waals surface area (Å²) in [5.74, 6) is 0.814. The van der Waals surface area contributed by atoms with Gasteiger partial charge in [-0.2, -0.15) is 0 Å². The van der Waals surface area contributed by atoms with Gasteiger partial charge in [-0.3, -0.25) is 4.98 Å². The van der Waals surface area contributed by atoms with E-state index in [2.05, 4.69) is 25.3 Å². The molecule has 1 saturated carbocycles. The fourth-order valence-corrected chi connectivity index (χ4v) is 3.52. The molecule has 5 rings (SSSR count). The zero-order valence-corrected chi connectivity index (χ0v) is 16.5. The molecule has 10 heteroatoms. The van der Waals surface area contributed by atoms with Crippen molar-refractivity contribution in [1.29, 1.82) is 0 Å². The van der Waals surface area contributed by atoms with Crippen LogP contribution < -0.4 is 4.74 Å². The molecule has 3 aromatic heterocycles. The van der Waals surface area contributed by atoms with Crippen molar-refractivity contribution < 1.29 is 18.4 Å². The Morgan fingerprint density at radius 2 is 2.23 bits per heavy atom. The van der Waals surface area contributed by atoms with Gasteiger partial charge in [0.05, 0.1) is 33.8 Å². The first kappa shape index (κ1) is 18.6. The fraction of sp³-hybridized carbons (Fsp3) is 0.250. The van der Waals surface area contributed by atoms with E-state index in [4.69, 9.17) is 14.0 Å². The number of rotatable bonds is 8. The Morgan fingerprint density at radius 3 is 3.07 bits per heavy atom. The highest BCUT2D eigenvalue weighted by atomic mass is 32.1. The SMILES string of the molecule is Fc1cnc(C(Oc2ccc3ncsc3c2)c2nnco2)cc1/C=N/OCC1CC1. The highest BCUT2D eigenvalue weighted by Crippen LogP contribution is 2.30. The number of nitrogens with zero attached hydrogens (tertiary/aromatic N) is 5. The van der Waals surface area contributed by atoms with Crippen molar-refractivity contribution in [2.75, 3.05) is 6.61 Å². The van der Waals surface area contributed by atoms with Gasteiger partial charge in [-0.05, 0) is 43.0 Å². The molecule has 30 heavy (non-hydrogen) atoms. The van der Waals surface area contributed by atoms with Crippen LogP contribution in [0.2, 0.25) is 0 Å². The smallest absolute Gasteiger partial charge is 0.263 e. The van der Waals surface area contributed by atoms with Crippen LogP contribution in [0.3, 0.4) is 0 Å². The first-order valence-electron chi connectivity index (χ1n) is 9.33. The van der Waals surface area contributed by atoms with Crippen molar-refractivity contribution in [3.63, 3.8) is 0 Å². The lowest BCUT2D eigenvalue weighted by molar-refractivity contribution is 0.135. The second kappa shape index (κ2) is 8.15. The third-order valence-corrected chi connectivity index (χ3v) is 5.40. The number of hydrogen-bond acceptors (Lipinski definition) is 9. The van der Waals surface area contributed by atoms with E-state index in [0.717, 1.165) is 29.3 Å². The predicted molar refractivity (Wildman–Crippen MR) is 107 cm³/mol. The fourth-order valence-electron chi connectivity index (χ4n) is 2.82. The van der Waals surface area contributed by atoms with E-state index in [0.29, 0.717) is 24.0 Å². The monoisotopic (exact) mass is 425 g/mol.